The van der Waals surface area contributed by atoms with E-state index in [1.54, 1.807) is 3.96 Å². The van der Waals surface area contributed by atoms with Crippen LogP contribution in [0.25, 0.3) is 10.2 Å². The first-order chi connectivity index (χ1) is 12.5. The quantitative estimate of drug-likeness (QED) is 0.768. The molecule has 6 heteroatoms. The number of hydrogen-bond donors (Lipinski definition) is 1. The average molecular weight is 369 g/mol. The van der Waals surface area contributed by atoms with Crippen molar-refractivity contribution >= 4 is 21.7 Å². The second-order valence-corrected chi connectivity index (χ2v) is 8.14. The first-order valence-corrected chi connectivity index (χ1v) is 9.74. The van der Waals surface area contributed by atoms with E-state index in [0.717, 1.165) is 35.6 Å². The summed E-state index contributed by atoms with van der Waals surface area (Å²) in [6, 6.07) is 10.4. The van der Waals surface area contributed by atoms with Crippen molar-refractivity contribution in [2.75, 3.05) is 13.1 Å². The SMILES string of the molecule is Cc1cc(C)c2c(=O)n(CC(O)CN3CCc4ccccc4C3)sc2n1. The predicted molar refractivity (Wildman–Crippen MR) is 105 cm³/mol. The number of rotatable bonds is 4. The van der Waals surface area contributed by atoms with Crippen molar-refractivity contribution in [1.82, 2.24) is 13.8 Å². The lowest BCUT2D eigenvalue weighted by Crippen LogP contribution is -2.38. The molecule has 1 atom stereocenters. The first-order valence-electron chi connectivity index (χ1n) is 8.96. The molecule has 1 aliphatic heterocycles. The van der Waals surface area contributed by atoms with E-state index in [9.17, 15) is 9.90 Å². The van der Waals surface area contributed by atoms with E-state index in [1.165, 1.54) is 22.7 Å². The molecule has 26 heavy (non-hydrogen) atoms. The van der Waals surface area contributed by atoms with Crippen molar-refractivity contribution in [2.24, 2.45) is 0 Å². The van der Waals surface area contributed by atoms with Gasteiger partial charge in [-0.15, -0.1) is 0 Å². The molecule has 0 fully saturated rings. The summed E-state index contributed by atoms with van der Waals surface area (Å²) in [6.07, 6.45) is 0.432. The molecule has 0 saturated carbocycles. The highest BCUT2D eigenvalue weighted by molar-refractivity contribution is 7.13. The minimum absolute atomic E-state index is 0.0435. The van der Waals surface area contributed by atoms with Gasteiger partial charge in [0.2, 0.25) is 0 Å². The van der Waals surface area contributed by atoms with Crippen LogP contribution in [0.4, 0.5) is 0 Å². The fourth-order valence-electron chi connectivity index (χ4n) is 3.78. The van der Waals surface area contributed by atoms with Gasteiger partial charge >= 0.3 is 0 Å². The normalized spacial score (nSPS) is 16.0. The molecule has 4 rings (SSSR count). The zero-order chi connectivity index (χ0) is 18.3. The molecular weight excluding hydrogens is 346 g/mol. The van der Waals surface area contributed by atoms with Crippen molar-refractivity contribution in [3.05, 3.63) is 63.1 Å². The minimum atomic E-state index is -0.576. The molecule has 3 aromatic rings. The number of nitrogens with zero attached hydrogens (tertiary/aromatic N) is 3. The molecule has 0 saturated heterocycles. The monoisotopic (exact) mass is 369 g/mol. The van der Waals surface area contributed by atoms with Crippen molar-refractivity contribution in [2.45, 2.75) is 39.5 Å². The van der Waals surface area contributed by atoms with E-state index in [0.29, 0.717) is 18.5 Å². The van der Waals surface area contributed by atoms with Gasteiger partial charge in [0, 0.05) is 25.3 Å². The third kappa shape index (κ3) is 3.32. The lowest BCUT2D eigenvalue weighted by atomic mass is 10.00. The zero-order valence-corrected chi connectivity index (χ0v) is 15.9. The highest BCUT2D eigenvalue weighted by Gasteiger charge is 2.20. The molecule has 5 nitrogen and oxygen atoms in total. The van der Waals surface area contributed by atoms with Gasteiger partial charge in [-0.2, -0.15) is 0 Å². The largest absolute Gasteiger partial charge is 0.390 e. The third-order valence-corrected chi connectivity index (χ3v) is 6.01. The number of pyridine rings is 1. The molecule has 0 radical (unpaired) electrons. The number of aromatic nitrogens is 2. The van der Waals surface area contributed by atoms with E-state index in [1.807, 2.05) is 19.9 Å². The summed E-state index contributed by atoms with van der Waals surface area (Å²) >= 11 is 1.35. The van der Waals surface area contributed by atoms with E-state index in [-0.39, 0.29) is 5.56 Å². The van der Waals surface area contributed by atoms with Crippen LogP contribution in [0.15, 0.2) is 35.1 Å². The zero-order valence-electron chi connectivity index (χ0n) is 15.1. The molecule has 0 aliphatic carbocycles. The molecule has 2 aromatic heterocycles. The summed E-state index contributed by atoms with van der Waals surface area (Å²) in [5, 5.41) is 11.2. The molecule has 1 aliphatic rings. The van der Waals surface area contributed by atoms with E-state index in [4.69, 9.17) is 0 Å². The van der Waals surface area contributed by atoms with Crippen LogP contribution in [0, 0.1) is 13.8 Å². The van der Waals surface area contributed by atoms with Gasteiger partial charge in [0.05, 0.1) is 18.0 Å². The third-order valence-electron chi connectivity index (χ3n) is 5.00. The van der Waals surface area contributed by atoms with Crippen LogP contribution in [0.1, 0.15) is 22.4 Å². The first kappa shape index (κ1) is 17.4. The van der Waals surface area contributed by atoms with Gasteiger partial charge in [-0.25, -0.2) is 4.98 Å². The Morgan fingerprint density at radius 3 is 2.81 bits per heavy atom. The van der Waals surface area contributed by atoms with Gasteiger partial charge in [0.15, 0.2) is 0 Å². The summed E-state index contributed by atoms with van der Waals surface area (Å²) in [5.74, 6) is 0. The Labute approximate surface area is 156 Å². The summed E-state index contributed by atoms with van der Waals surface area (Å²) in [7, 11) is 0. The van der Waals surface area contributed by atoms with Crippen molar-refractivity contribution < 1.29 is 5.11 Å². The van der Waals surface area contributed by atoms with Crippen LogP contribution in [0.2, 0.25) is 0 Å². The highest BCUT2D eigenvalue weighted by atomic mass is 32.1. The van der Waals surface area contributed by atoms with Gasteiger partial charge in [0.25, 0.3) is 5.56 Å². The fourth-order valence-corrected chi connectivity index (χ4v) is 4.93. The van der Waals surface area contributed by atoms with Gasteiger partial charge < -0.3 is 5.11 Å². The second-order valence-electron chi connectivity index (χ2n) is 7.13. The van der Waals surface area contributed by atoms with E-state index < -0.39 is 6.10 Å². The fraction of sp³-hybridized carbons (Fsp3) is 0.400. The molecule has 0 spiro atoms. The van der Waals surface area contributed by atoms with Gasteiger partial charge in [0.1, 0.15) is 4.83 Å². The smallest absolute Gasteiger partial charge is 0.270 e. The Kier molecular flexibility index (Phi) is 4.65. The van der Waals surface area contributed by atoms with Crippen molar-refractivity contribution in [3.8, 4) is 0 Å². The summed E-state index contributed by atoms with van der Waals surface area (Å²) in [4.78, 5) is 20.2. The lowest BCUT2D eigenvalue weighted by molar-refractivity contribution is 0.0935. The maximum atomic E-state index is 12.7. The molecular formula is C20H23N3O2S. The number of aliphatic hydroxyl groups is 1. The number of benzene rings is 1. The molecule has 1 unspecified atom stereocenters. The Balaban J connectivity index is 1.48. The Hall–Kier alpha value is -2.02. The standard InChI is InChI=1S/C20H23N3O2S/c1-13-9-14(2)21-19-18(13)20(25)23(26-19)12-17(24)11-22-8-7-15-5-3-4-6-16(15)10-22/h3-6,9,17,24H,7-8,10-12H2,1-2H3. The summed E-state index contributed by atoms with van der Waals surface area (Å²) in [6.45, 7) is 6.56. The van der Waals surface area contributed by atoms with Crippen LogP contribution in [-0.2, 0) is 19.5 Å². The number of aryl methyl sites for hydroxylation is 2. The van der Waals surface area contributed by atoms with Crippen LogP contribution >= 0.6 is 11.5 Å². The van der Waals surface area contributed by atoms with Crippen LogP contribution in [0.3, 0.4) is 0 Å². The maximum absolute atomic E-state index is 12.7. The average Bonchev–Trinajstić information content (AvgIpc) is 2.90. The molecule has 1 aromatic carbocycles. The Morgan fingerprint density at radius 1 is 1.23 bits per heavy atom. The van der Waals surface area contributed by atoms with Crippen LogP contribution in [-0.4, -0.2) is 38.1 Å². The molecule has 1 N–H and O–H groups in total. The molecule has 0 amide bonds. The molecule has 136 valence electrons. The van der Waals surface area contributed by atoms with Crippen LogP contribution in [0.5, 0.6) is 0 Å². The minimum Gasteiger partial charge on any atom is -0.390 e. The Morgan fingerprint density at radius 2 is 2.00 bits per heavy atom. The number of fused-ring (bicyclic) bond motifs is 2. The van der Waals surface area contributed by atoms with Gasteiger partial charge in [-0.3, -0.25) is 13.7 Å². The number of aliphatic hydroxyl groups excluding tert-OH is 1. The topological polar surface area (TPSA) is 58.4 Å². The van der Waals surface area contributed by atoms with Gasteiger partial charge in [-0.05, 0) is 54.6 Å². The Bertz CT molecular complexity index is 1010. The second kappa shape index (κ2) is 6.95. The van der Waals surface area contributed by atoms with Gasteiger partial charge in [-0.1, -0.05) is 24.3 Å². The predicted octanol–water partition coefficient (Wildman–Crippen LogP) is 2.49. The summed E-state index contributed by atoms with van der Waals surface area (Å²) < 4.78 is 1.65. The lowest BCUT2D eigenvalue weighted by Gasteiger charge is -2.30. The van der Waals surface area contributed by atoms with Crippen molar-refractivity contribution in [3.63, 3.8) is 0 Å². The van der Waals surface area contributed by atoms with Crippen LogP contribution < -0.4 is 5.56 Å². The van der Waals surface area contributed by atoms with Crippen molar-refractivity contribution in [1.29, 1.82) is 0 Å². The maximum Gasteiger partial charge on any atom is 0.270 e. The highest BCUT2D eigenvalue weighted by Crippen LogP contribution is 2.21. The van der Waals surface area contributed by atoms with E-state index in [2.05, 4.69) is 34.1 Å². The summed E-state index contributed by atoms with van der Waals surface area (Å²) in [5.41, 5.74) is 4.56. The molecule has 3 heterocycles. The number of β-amino-alcohol motifs (C(OH)–C–C–N with tert-alkyl or cyclic N) is 1. The number of hydrogen-bond acceptors (Lipinski definition) is 5. The molecule has 0 bridgehead atoms. The van der Waals surface area contributed by atoms with E-state index >= 15 is 0 Å².